The van der Waals surface area contributed by atoms with Gasteiger partial charge in [0.1, 0.15) is 12.2 Å². The van der Waals surface area contributed by atoms with E-state index < -0.39 is 0 Å². The molecule has 2 rings (SSSR count). The van der Waals surface area contributed by atoms with Crippen LogP contribution in [0.1, 0.15) is 13.3 Å². The molecule has 0 amide bonds. The third kappa shape index (κ3) is 3.47. The fraction of sp³-hybridized carbons (Fsp3) is 0.750. The molecule has 1 aromatic rings. The minimum absolute atomic E-state index is 0.00240. The van der Waals surface area contributed by atoms with Gasteiger partial charge in [-0.1, -0.05) is 6.92 Å². The number of hydrogen-bond acceptors (Lipinski definition) is 7. The summed E-state index contributed by atoms with van der Waals surface area (Å²) in [6.45, 7) is 4.20. The van der Waals surface area contributed by atoms with Gasteiger partial charge in [-0.25, -0.2) is 0 Å². The molecule has 8 heteroatoms. The molecule has 1 saturated heterocycles. The smallest absolute Gasteiger partial charge is 0.231 e. The van der Waals surface area contributed by atoms with Gasteiger partial charge in [-0.15, -0.1) is 0 Å². The highest BCUT2D eigenvalue weighted by molar-refractivity contribution is 6.28. The van der Waals surface area contributed by atoms with Gasteiger partial charge in [0.15, 0.2) is 0 Å². The van der Waals surface area contributed by atoms with Crippen molar-refractivity contribution in [2.24, 2.45) is 0 Å². The van der Waals surface area contributed by atoms with Crippen LogP contribution in [0.5, 0.6) is 0 Å². The lowest BCUT2D eigenvalue weighted by Gasteiger charge is -2.16. The van der Waals surface area contributed by atoms with Crippen LogP contribution in [0.15, 0.2) is 0 Å². The summed E-state index contributed by atoms with van der Waals surface area (Å²) in [6.07, 6.45) is 0.991. The van der Waals surface area contributed by atoms with Crippen LogP contribution in [0.25, 0.3) is 0 Å². The molecule has 1 N–H and O–H groups in total. The topological polar surface area (TPSA) is 72.4 Å². The predicted octanol–water partition coefficient (Wildman–Crippen LogP) is 1.20. The summed E-state index contributed by atoms with van der Waals surface area (Å²) in [5, 5.41) is 3.30. The quantitative estimate of drug-likeness (QED) is 0.846. The third-order valence-electron chi connectivity index (χ3n) is 3.23. The van der Waals surface area contributed by atoms with Crippen LogP contribution < -0.4 is 10.2 Å². The molecule has 1 fully saturated rings. The van der Waals surface area contributed by atoms with Crippen molar-refractivity contribution >= 4 is 23.5 Å². The Morgan fingerprint density at radius 1 is 1.20 bits per heavy atom. The standard InChI is InChI=1S/C12H20ClN5O2/c1-4-5-14-11-15-10(13)16-12(17-11)18-6-8(19-2)9(7-18)20-3/h8-9H,4-7H2,1-3H3,(H,14,15,16,17). The highest BCUT2D eigenvalue weighted by atomic mass is 35.5. The molecule has 1 aliphatic rings. The minimum atomic E-state index is 0.00240. The van der Waals surface area contributed by atoms with Gasteiger partial charge in [-0.3, -0.25) is 0 Å². The lowest BCUT2D eigenvalue weighted by molar-refractivity contribution is -0.00461. The normalized spacial score (nSPS) is 22.3. The van der Waals surface area contributed by atoms with Crippen molar-refractivity contribution in [1.82, 2.24) is 15.0 Å². The number of anilines is 2. The molecule has 1 aliphatic heterocycles. The summed E-state index contributed by atoms with van der Waals surface area (Å²) in [5.41, 5.74) is 0. The number of ether oxygens (including phenoxy) is 2. The zero-order valence-electron chi connectivity index (χ0n) is 12.0. The van der Waals surface area contributed by atoms with Crippen molar-refractivity contribution in [3.05, 3.63) is 5.28 Å². The molecule has 20 heavy (non-hydrogen) atoms. The fourth-order valence-corrected chi connectivity index (χ4v) is 2.31. The van der Waals surface area contributed by atoms with E-state index in [4.69, 9.17) is 21.1 Å². The Labute approximate surface area is 123 Å². The highest BCUT2D eigenvalue weighted by Crippen LogP contribution is 2.22. The van der Waals surface area contributed by atoms with Gasteiger partial charge in [0.25, 0.3) is 0 Å². The fourth-order valence-electron chi connectivity index (χ4n) is 2.16. The van der Waals surface area contributed by atoms with Crippen LogP contribution in [-0.4, -0.2) is 61.0 Å². The first-order chi connectivity index (χ1) is 9.67. The number of aromatic nitrogens is 3. The Balaban J connectivity index is 2.14. The van der Waals surface area contributed by atoms with Crippen LogP contribution in [0.2, 0.25) is 5.28 Å². The number of hydrogen-bond donors (Lipinski definition) is 1. The number of rotatable bonds is 6. The van der Waals surface area contributed by atoms with E-state index in [2.05, 4.69) is 27.2 Å². The van der Waals surface area contributed by atoms with Crippen molar-refractivity contribution in [2.45, 2.75) is 25.6 Å². The maximum atomic E-state index is 5.96. The zero-order valence-corrected chi connectivity index (χ0v) is 12.7. The summed E-state index contributed by atoms with van der Waals surface area (Å²) in [6, 6.07) is 0. The Hall–Kier alpha value is -1.18. The van der Waals surface area contributed by atoms with E-state index in [-0.39, 0.29) is 17.5 Å². The summed E-state index contributed by atoms with van der Waals surface area (Å²) >= 11 is 5.96. The molecular formula is C12H20ClN5O2. The molecule has 0 aromatic carbocycles. The molecule has 112 valence electrons. The molecule has 0 spiro atoms. The molecular weight excluding hydrogens is 282 g/mol. The molecule has 2 atom stereocenters. The lowest BCUT2D eigenvalue weighted by Crippen LogP contribution is -2.27. The first kappa shape index (κ1) is 15.2. The van der Waals surface area contributed by atoms with Crippen LogP contribution >= 0.6 is 11.6 Å². The maximum Gasteiger partial charge on any atom is 0.231 e. The highest BCUT2D eigenvalue weighted by Gasteiger charge is 2.34. The monoisotopic (exact) mass is 301 g/mol. The van der Waals surface area contributed by atoms with Crippen molar-refractivity contribution in [1.29, 1.82) is 0 Å². The van der Waals surface area contributed by atoms with E-state index in [1.54, 1.807) is 14.2 Å². The van der Waals surface area contributed by atoms with Gasteiger partial charge >= 0.3 is 0 Å². The van der Waals surface area contributed by atoms with Crippen molar-refractivity contribution in [3.8, 4) is 0 Å². The predicted molar refractivity (Wildman–Crippen MR) is 77.4 cm³/mol. The van der Waals surface area contributed by atoms with E-state index in [9.17, 15) is 0 Å². The van der Waals surface area contributed by atoms with Crippen molar-refractivity contribution < 1.29 is 9.47 Å². The molecule has 0 aliphatic carbocycles. The second-order valence-electron chi connectivity index (χ2n) is 4.61. The van der Waals surface area contributed by atoms with Gasteiger partial charge in [0.2, 0.25) is 17.2 Å². The van der Waals surface area contributed by atoms with Crippen LogP contribution in [0.4, 0.5) is 11.9 Å². The lowest BCUT2D eigenvalue weighted by atomic mass is 10.3. The van der Waals surface area contributed by atoms with Gasteiger partial charge in [-0.2, -0.15) is 15.0 Å². The number of nitrogens with one attached hydrogen (secondary N) is 1. The van der Waals surface area contributed by atoms with E-state index in [0.717, 1.165) is 13.0 Å². The van der Waals surface area contributed by atoms with E-state index in [1.807, 2.05) is 4.90 Å². The summed E-state index contributed by atoms with van der Waals surface area (Å²) in [5.74, 6) is 1.04. The van der Waals surface area contributed by atoms with Gasteiger partial charge in [-0.05, 0) is 18.0 Å². The summed E-state index contributed by atoms with van der Waals surface area (Å²) in [7, 11) is 3.35. The minimum Gasteiger partial charge on any atom is -0.377 e. The van der Waals surface area contributed by atoms with E-state index in [1.165, 1.54) is 0 Å². The van der Waals surface area contributed by atoms with Crippen LogP contribution in [0, 0.1) is 0 Å². The maximum absolute atomic E-state index is 5.96. The number of halogens is 1. The molecule has 0 saturated carbocycles. The first-order valence-corrected chi connectivity index (χ1v) is 7.01. The SMILES string of the molecule is CCCNc1nc(Cl)nc(N2CC(OC)C(OC)C2)n1. The van der Waals surface area contributed by atoms with Crippen molar-refractivity contribution in [2.75, 3.05) is 44.1 Å². The number of nitrogens with zero attached hydrogens (tertiary/aromatic N) is 4. The molecule has 7 nitrogen and oxygen atoms in total. The van der Waals surface area contributed by atoms with Gasteiger partial charge < -0.3 is 19.7 Å². The van der Waals surface area contributed by atoms with Crippen molar-refractivity contribution in [3.63, 3.8) is 0 Å². The Morgan fingerprint density at radius 2 is 1.85 bits per heavy atom. The first-order valence-electron chi connectivity index (χ1n) is 6.64. The third-order valence-corrected chi connectivity index (χ3v) is 3.40. The zero-order chi connectivity index (χ0) is 14.5. The summed E-state index contributed by atoms with van der Waals surface area (Å²) < 4.78 is 10.8. The Bertz CT molecular complexity index is 436. The second-order valence-corrected chi connectivity index (χ2v) is 4.95. The summed E-state index contributed by atoms with van der Waals surface area (Å²) in [4.78, 5) is 14.6. The van der Waals surface area contributed by atoms with Crippen LogP contribution in [0.3, 0.4) is 0 Å². The molecule has 0 radical (unpaired) electrons. The van der Waals surface area contributed by atoms with Crippen LogP contribution in [-0.2, 0) is 9.47 Å². The van der Waals surface area contributed by atoms with E-state index in [0.29, 0.717) is 25.0 Å². The van der Waals surface area contributed by atoms with E-state index >= 15 is 0 Å². The molecule has 1 aromatic heterocycles. The Kier molecular flexibility index (Phi) is 5.33. The second kappa shape index (κ2) is 7.01. The average Bonchev–Trinajstić information content (AvgIpc) is 2.88. The van der Waals surface area contributed by atoms with Gasteiger partial charge in [0.05, 0.1) is 0 Å². The molecule has 2 unspecified atom stereocenters. The molecule has 2 heterocycles. The number of methoxy groups -OCH3 is 2. The average molecular weight is 302 g/mol. The van der Waals surface area contributed by atoms with Gasteiger partial charge in [0, 0.05) is 33.9 Å². The molecule has 0 bridgehead atoms. The largest absolute Gasteiger partial charge is 0.377 e. The Morgan fingerprint density at radius 3 is 2.40 bits per heavy atom.